The molecule has 0 fully saturated rings. The van der Waals surface area contributed by atoms with Gasteiger partial charge in [0.2, 0.25) is 0 Å². The van der Waals surface area contributed by atoms with Crippen LogP contribution in [0.4, 0.5) is 0 Å². The van der Waals surface area contributed by atoms with Crippen LogP contribution in [0.1, 0.15) is 18.1 Å². The van der Waals surface area contributed by atoms with E-state index in [2.05, 4.69) is 31.2 Å². The quantitative estimate of drug-likeness (QED) is 0.701. The van der Waals surface area contributed by atoms with Gasteiger partial charge in [0.25, 0.3) is 0 Å². The zero-order valence-electron chi connectivity index (χ0n) is 11.3. The lowest BCUT2D eigenvalue weighted by Crippen LogP contribution is -2.06. The molecule has 0 aromatic heterocycles. The van der Waals surface area contributed by atoms with E-state index in [4.69, 9.17) is 9.47 Å². The van der Waals surface area contributed by atoms with E-state index in [1.165, 1.54) is 11.1 Å². The molecule has 0 aliphatic rings. The van der Waals surface area contributed by atoms with Gasteiger partial charge in [0.15, 0.2) is 0 Å². The standard InChI is InChI=1S/C17H20O2/c1-2-15-8-10-17(11-9-15)19-13-12-18-14-16-6-4-3-5-7-16/h3-11H,2,12-14H2,1H3. The van der Waals surface area contributed by atoms with Gasteiger partial charge in [-0.15, -0.1) is 0 Å². The molecule has 2 rings (SSSR count). The fourth-order valence-corrected chi connectivity index (χ4v) is 1.80. The molecule has 0 aliphatic heterocycles. The third-order valence-corrected chi connectivity index (χ3v) is 2.94. The Balaban J connectivity index is 1.63. The molecular formula is C17H20O2. The van der Waals surface area contributed by atoms with Crippen molar-refractivity contribution in [2.45, 2.75) is 20.0 Å². The SMILES string of the molecule is CCc1ccc(OCCOCc2ccccc2)cc1. The van der Waals surface area contributed by atoms with Gasteiger partial charge in [0.1, 0.15) is 12.4 Å². The first kappa shape index (κ1) is 13.6. The molecule has 0 saturated carbocycles. The molecule has 2 heteroatoms. The zero-order valence-corrected chi connectivity index (χ0v) is 11.3. The van der Waals surface area contributed by atoms with Gasteiger partial charge in [0, 0.05) is 0 Å². The molecule has 0 spiro atoms. The van der Waals surface area contributed by atoms with Crippen molar-refractivity contribution >= 4 is 0 Å². The van der Waals surface area contributed by atoms with Crippen LogP contribution in [-0.2, 0) is 17.8 Å². The van der Waals surface area contributed by atoms with E-state index >= 15 is 0 Å². The van der Waals surface area contributed by atoms with Crippen molar-refractivity contribution in [1.82, 2.24) is 0 Å². The van der Waals surface area contributed by atoms with E-state index in [1.54, 1.807) is 0 Å². The summed E-state index contributed by atoms with van der Waals surface area (Å²) in [5.41, 5.74) is 2.52. The lowest BCUT2D eigenvalue weighted by molar-refractivity contribution is 0.0889. The minimum atomic E-state index is 0.582. The van der Waals surface area contributed by atoms with Crippen LogP contribution in [0.15, 0.2) is 54.6 Å². The van der Waals surface area contributed by atoms with E-state index in [0.717, 1.165) is 12.2 Å². The van der Waals surface area contributed by atoms with Crippen LogP contribution in [0.3, 0.4) is 0 Å². The van der Waals surface area contributed by atoms with Gasteiger partial charge in [0.05, 0.1) is 13.2 Å². The van der Waals surface area contributed by atoms with Gasteiger partial charge in [-0.1, -0.05) is 49.4 Å². The maximum atomic E-state index is 5.62. The lowest BCUT2D eigenvalue weighted by atomic mass is 10.2. The lowest BCUT2D eigenvalue weighted by Gasteiger charge is -2.07. The Morgan fingerprint density at radius 3 is 2.21 bits per heavy atom. The van der Waals surface area contributed by atoms with Gasteiger partial charge in [-0.05, 0) is 29.7 Å². The molecule has 0 saturated heterocycles. The Morgan fingerprint density at radius 1 is 0.789 bits per heavy atom. The van der Waals surface area contributed by atoms with Crippen LogP contribution in [0, 0.1) is 0 Å². The summed E-state index contributed by atoms with van der Waals surface area (Å²) >= 11 is 0. The van der Waals surface area contributed by atoms with Crippen molar-refractivity contribution in [1.29, 1.82) is 0 Å². The molecule has 0 heterocycles. The third-order valence-electron chi connectivity index (χ3n) is 2.94. The zero-order chi connectivity index (χ0) is 13.3. The summed E-state index contributed by atoms with van der Waals surface area (Å²) < 4.78 is 11.2. The predicted molar refractivity (Wildman–Crippen MR) is 77.4 cm³/mol. The van der Waals surface area contributed by atoms with Crippen LogP contribution in [0.5, 0.6) is 5.75 Å². The minimum Gasteiger partial charge on any atom is -0.491 e. The van der Waals surface area contributed by atoms with Crippen molar-refractivity contribution in [2.24, 2.45) is 0 Å². The van der Waals surface area contributed by atoms with Crippen molar-refractivity contribution in [3.8, 4) is 5.75 Å². The highest BCUT2D eigenvalue weighted by atomic mass is 16.5. The molecule has 0 amide bonds. The Kier molecular flexibility index (Phi) is 5.45. The van der Waals surface area contributed by atoms with Gasteiger partial charge < -0.3 is 9.47 Å². The second-order valence-corrected chi connectivity index (χ2v) is 4.38. The number of hydrogen-bond acceptors (Lipinski definition) is 2. The first-order valence-corrected chi connectivity index (χ1v) is 6.72. The molecular weight excluding hydrogens is 236 g/mol. The third kappa shape index (κ3) is 4.76. The number of aryl methyl sites for hydroxylation is 1. The first-order chi connectivity index (χ1) is 9.38. The highest BCUT2D eigenvalue weighted by molar-refractivity contribution is 5.27. The number of hydrogen-bond donors (Lipinski definition) is 0. The molecule has 2 nitrogen and oxygen atoms in total. The largest absolute Gasteiger partial charge is 0.491 e. The highest BCUT2D eigenvalue weighted by Gasteiger charge is 1.95. The van der Waals surface area contributed by atoms with Crippen LogP contribution in [0.2, 0.25) is 0 Å². The Morgan fingerprint density at radius 2 is 1.53 bits per heavy atom. The van der Waals surface area contributed by atoms with Gasteiger partial charge >= 0.3 is 0 Å². The summed E-state index contributed by atoms with van der Waals surface area (Å²) in [5.74, 6) is 0.903. The highest BCUT2D eigenvalue weighted by Crippen LogP contribution is 2.12. The molecule has 0 unspecified atom stereocenters. The molecule has 100 valence electrons. The van der Waals surface area contributed by atoms with Crippen LogP contribution in [-0.4, -0.2) is 13.2 Å². The average Bonchev–Trinajstić information content (AvgIpc) is 2.49. The fourth-order valence-electron chi connectivity index (χ4n) is 1.80. The van der Waals surface area contributed by atoms with E-state index in [-0.39, 0.29) is 0 Å². The summed E-state index contributed by atoms with van der Waals surface area (Å²) in [6, 6.07) is 18.4. The molecule has 0 atom stereocenters. The number of rotatable bonds is 7. The van der Waals surface area contributed by atoms with E-state index in [0.29, 0.717) is 19.8 Å². The van der Waals surface area contributed by atoms with E-state index in [1.807, 2.05) is 30.3 Å². The maximum Gasteiger partial charge on any atom is 0.119 e. The fraction of sp³-hybridized carbons (Fsp3) is 0.294. The molecule has 2 aromatic rings. The Bertz CT molecular complexity index is 462. The van der Waals surface area contributed by atoms with Crippen LogP contribution < -0.4 is 4.74 Å². The summed E-state index contributed by atoms with van der Waals surface area (Å²) in [7, 11) is 0. The molecule has 2 aromatic carbocycles. The Labute approximate surface area is 115 Å². The van der Waals surface area contributed by atoms with Crippen molar-refractivity contribution in [3.63, 3.8) is 0 Å². The second kappa shape index (κ2) is 7.59. The number of ether oxygens (including phenoxy) is 2. The maximum absolute atomic E-state index is 5.62. The molecule has 0 aliphatic carbocycles. The van der Waals surface area contributed by atoms with Gasteiger partial charge in [-0.25, -0.2) is 0 Å². The van der Waals surface area contributed by atoms with Gasteiger partial charge in [-0.3, -0.25) is 0 Å². The van der Waals surface area contributed by atoms with Crippen molar-refractivity contribution < 1.29 is 9.47 Å². The van der Waals surface area contributed by atoms with Crippen molar-refractivity contribution in [3.05, 3.63) is 65.7 Å². The van der Waals surface area contributed by atoms with E-state index in [9.17, 15) is 0 Å². The second-order valence-electron chi connectivity index (χ2n) is 4.38. The molecule has 19 heavy (non-hydrogen) atoms. The minimum absolute atomic E-state index is 0.582. The van der Waals surface area contributed by atoms with Crippen LogP contribution in [0.25, 0.3) is 0 Å². The number of benzene rings is 2. The molecule has 0 radical (unpaired) electrons. The Hall–Kier alpha value is -1.80. The van der Waals surface area contributed by atoms with Gasteiger partial charge in [-0.2, -0.15) is 0 Å². The summed E-state index contributed by atoms with van der Waals surface area (Å²) in [4.78, 5) is 0. The summed E-state index contributed by atoms with van der Waals surface area (Å²) in [6.45, 7) is 3.97. The van der Waals surface area contributed by atoms with Crippen LogP contribution >= 0.6 is 0 Å². The molecule has 0 N–H and O–H groups in total. The summed E-state index contributed by atoms with van der Waals surface area (Å²) in [5, 5.41) is 0. The average molecular weight is 256 g/mol. The normalized spacial score (nSPS) is 10.4. The molecule has 0 bridgehead atoms. The van der Waals surface area contributed by atoms with E-state index < -0.39 is 0 Å². The predicted octanol–water partition coefficient (Wildman–Crippen LogP) is 3.84. The first-order valence-electron chi connectivity index (χ1n) is 6.72. The van der Waals surface area contributed by atoms with Crippen molar-refractivity contribution in [2.75, 3.05) is 13.2 Å². The topological polar surface area (TPSA) is 18.5 Å². The summed E-state index contributed by atoms with van der Waals surface area (Å²) in [6.07, 6.45) is 1.06. The monoisotopic (exact) mass is 256 g/mol. The smallest absolute Gasteiger partial charge is 0.119 e.